The molecule has 2 rings (SSSR count). The molecular formula is C15H25N3O2S. The van der Waals surface area contributed by atoms with Crippen molar-refractivity contribution in [2.24, 2.45) is 5.41 Å². The smallest absolute Gasteiger partial charge is 0.242 e. The van der Waals surface area contributed by atoms with Crippen molar-refractivity contribution in [3.63, 3.8) is 0 Å². The highest BCUT2D eigenvalue weighted by Gasteiger charge is 2.34. The summed E-state index contributed by atoms with van der Waals surface area (Å²) in [4.78, 5) is 0.267. The Hall–Kier alpha value is -1.27. The van der Waals surface area contributed by atoms with Crippen LogP contribution in [0, 0.1) is 5.41 Å². The van der Waals surface area contributed by atoms with Crippen molar-refractivity contribution in [3.8, 4) is 0 Å². The minimum atomic E-state index is -3.43. The lowest BCUT2D eigenvalue weighted by molar-refractivity contribution is 0.145. The summed E-state index contributed by atoms with van der Waals surface area (Å²) in [6.07, 6.45) is 4.87. The van der Waals surface area contributed by atoms with E-state index in [1.807, 2.05) is 0 Å². The van der Waals surface area contributed by atoms with E-state index >= 15 is 0 Å². The Balaban J connectivity index is 2.20. The molecule has 1 aliphatic rings. The van der Waals surface area contributed by atoms with E-state index in [-0.39, 0.29) is 4.90 Å². The molecule has 0 unspecified atom stereocenters. The Bertz CT molecular complexity index is 602. The Labute approximate surface area is 127 Å². The minimum absolute atomic E-state index is 0.267. The molecule has 1 saturated carbocycles. The second-order valence-electron chi connectivity index (χ2n) is 6.10. The third-order valence-electron chi connectivity index (χ3n) is 4.62. The second kappa shape index (κ2) is 5.85. The Morgan fingerprint density at radius 2 is 2.00 bits per heavy atom. The first kappa shape index (κ1) is 16.1. The van der Waals surface area contributed by atoms with Gasteiger partial charge in [-0.15, -0.1) is 0 Å². The highest BCUT2D eigenvalue weighted by Crippen LogP contribution is 2.44. The third-order valence-corrected chi connectivity index (χ3v) is 6.43. The predicted octanol–water partition coefficient (Wildman–Crippen LogP) is 2.51. The minimum Gasteiger partial charge on any atom is -0.397 e. The van der Waals surface area contributed by atoms with Gasteiger partial charge in [-0.1, -0.05) is 13.3 Å². The van der Waals surface area contributed by atoms with Gasteiger partial charge in [0.2, 0.25) is 10.0 Å². The quantitative estimate of drug-likeness (QED) is 0.792. The van der Waals surface area contributed by atoms with Gasteiger partial charge in [0.25, 0.3) is 0 Å². The third kappa shape index (κ3) is 3.16. The average molecular weight is 311 g/mol. The molecule has 0 spiro atoms. The topological polar surface area (TPSA) is 75.4 Å². The average Bonchev–Trinajstić information content (AvgIpc) is 2.39. The van der Waals surface area contributed by atoms with Gasteiger partial charge in [-0.3, -0.25) is 0 Å². The zero-order valence-electron chi connectivity index (χ0n) is 13.0. The molecule has 1 aromatic rings. The molecule has 0 heterocycles. The fourth-order valence-electron chi connectivity index (χ4n) is 2.67. The van der Waals surface area contributed by atoms with Gasteiger partial charge in [0, 0.05) is 20.6 Å². The number of rotatable bonds is 6. The van der Waals surface area contributed by atoms with Gasteiger partial charge in [0.15, 0.2) is 0 Å². The molecule has 0 aromatic heterocycles. The lowest BCUT2D eigenvalue weighted by atomic mass is 9.67. The van der Waals surface area contributed by atoms with Crippen molar-refractivity contribution in [2.75, 3.05) is 31.7 Å². The first-order chi connectivity index (χ1) is 9.81. The Kier molecular flexibility index (Phi) is 4.49. The van der Waals surface area contributed by atoms with Crippen LogP contribution in [0.1, 0.15) is 32.6 Å². The van der Waals surface area contributed by atoms with Crippen molar-refractivity contribution in [2.45, 2.75) is 37.5 Å². The fraction of sp³-hybridized carbons (Fsp3) is 0.600. The number of nitrogens with one attached hydrogen (secondary N) is 1. The number of nitrogens with two attached hydrogens (primary N) is 1. The molecule has 0 saturated heterocycles. The van der Waals surface area contributed by atoms with E-state index in [1.54, 1.807) is 18.2 Å². The molecule has 1 fully saturated rings. The monoisotopic (exact) mass is 311 g/mol. The maximum Gasteiger partial charge on any atom is 0.242 e. The van der Waals surface area contributed by atoms with Gasteiger partial charge >= 0.3 is 0 Å². The zero-order chi connectivity index (χ0) is 15.7. The van der Waals surface area contributed by atoms with E-state index in [4.69, 9.17) is 5.73 Å². The Morgan fingerprint density at radius 1 is 1.33 bits per heavy atom. The van der Waals surface area contributed by atoms with Crippen LogP contribution in [0.3, 0.4) is 0 Å². The molecule has 3 N–H and O–H groups in total. The van der Waals surface area contributed by atoms with Crippen molar-refractivity contribution in [3.05, 3.63) is 18.2 Å². The number of nitrogen functional groups attached to an aromatic ring is 1. The van der Waals surface area contributed by atoms with Crippen LogP contribution in [0.15, 0.2) is 23.1 Å². The first-order valence-corrected chi connectivity index (χ1v) is 8.81. The largest absolute Gasteiger partial charge is 0.397 e. The van der Waals surface area contributed by atoms with E-state index < -0.39 is 10.0 Å². The number of anilines is 2. The van der Waals surface area contributed by atoms with Gasteiger partial charge < -0.3 is 11.1 Å². The van der Waals surface area contributed by atoms with Crippen LogP contribution < -0.4 is 11.1 Å². The highest BCUT2D eigenvalue weighted by molar-refractivity contribution is 7.89. The van der Waals surface area contributed by atoms with Crippen LogP contribution in [-0.2, 0) is 10.0 Å². The number of nitrogens with zero attached hydrogens (tertiary/aromatic N) is 1. The number of sulfonamides is 1. The van der Waals surface area contributed by atoms with E-state index in [9.17, 15) is 8.42 Å². The molecule has 0 atom stereocenters. The number of benzene rings is 1. The van der Waals surface area contributed by atoms with E-state index in [2.05, 4.69) is 12.2 Å². The molecule has 0 aliphatic heterocycles. The highest BCUT2D eigenvalue weighted by atomic mass is 32.2. The zero-order valence-corrected chi connectivity index (χ0v) is 13.8. The van der Waals surface area contributed by atoms with Gasteiger partial charge in [0.05, 0.1) is 16.3 Å². The molecule has 0 amide bonds. The molecule has 1 aliphatic carbocycles. The summed E-state index contributed by atoms with van der Waals surface area (Å²) in [7, 11) is -0.375. The van der Waals surface area contributed by atoms with Crippen LogP contribution in [0.5, 0.6) is 0 Å². The standard InChI is InChI=1S/C15H25N3O2S/c1-4-15(8-5-9-15)11-17-14-10-12(6-7-13(14)16)21(19,20)18(2)3/h6-7,10,17H,4-5,8-9,11,16H2,1-3H3. The molecular weight excluding hydrogens is 286 g/mol. The number of hydrogen-bond acceptors (Lipinski definition) is 4. The summed E-state index contributed by atoms with van der Waals surface area (Å²) in [5, 5.41) is 3.35. The van der Waals surface area contributed by atoms with Crippen molar-refractivity contribution >= 4 is 21.4 Å². The fourth-order valence-corrected chi connectivity index (χ4v) is 3.60. The molecule has 5 nitrogen and oxygen atoms in total. The van der Waals surface area contributed by atoms with E-state index in [0.29, 0.717) is 16.8 Å². The van der Waals surface area contributed by atoms with Crippen LogP contribution in [-0.4, -0.2) is 33.4 Å². The van der Waals surface area contributed by atoms with Crippen molar-refractivity contribution in [1.29, 1.82) is 0 Å². The summed E-state index contributed by atoms with van der Waals surface area (Å²) in [6, 6.07) is 4.83. The molecule has 0 radical (unpaired) electrons. The number of hydrogen-bond donors (Lipinski definition) is 2. The summed E-state index contributed by atoms with van der Waals surface area (Å²) >= 11 is 0. The van der Waals surface area contributed by atoms with E-state index in [0.717, 1.165) is 13.0 Å². The van der Waals surface area contributed by atoms with Gasteiger partial charge in [0.1, 0.15) is 0 Å². The molecule has 1 aromatic carbocycles. The summed E-state index contributed by atoms with van der Waals surface area (Å²) < 4.78 is 25.6. The summed E-state index contributed by atoms with van der Waals surface area (Å²) in [5.41, 5.74) is 7.61. The molecule has 0 bridgehead atoms. The normalized spacial score (nSPS) is 17.5. The van der Waals surface area contributed by atoms with Crippen LogP contribution in [0.2, 0.25) is 0 Å². The van der Waals surface area contributed by atoms with E-state index in [1.165, 1.54) is 37.7 Å². The van der Waals surface area contributed by atoms with Gasteiger partial charge in [-0.25, -0.2) is 12.7 Å². The Morgan fingerprint density at radius 3 is 2.48 bits per heavy atom. The van der Waals surface area contributed by atoms with Crippen LogP contribution in [0.25, 0.3) is 0 Å². The predicted molar refractivity (Wildman–Crippen MR) is 86.8 cm³/mol. The molecule has 21 heavy (non-hydrogen) atoms. The lowest BCUT2D eigenvalue weighted by Crippen LogP contribution is -2.36. The second-order valence-corrected chi connectivity index (χ2v) is 8.25. The first-order valence-electron chi connectivity index (χ1n) is 7.37. The molecule has 118 valence electrons. The van der Waals surface area contributed by atoms with Crippen molar-refractivity contribution in [1.82, 2.24) is 4.31 Å². The maximum atomic E-state index is 12.2. The van der Waals surface area contributed by atoms with Crippen LogP contribution in [0.4, 0.5) is 11.4 Å². The lowest BCUT2D eigenvalue weighted by Gasteiger charge is -2.41. The van der Waals surface area contributed by atoms with Gasteiger partial charge in [-0.2, -0.15) is 0 Å². The van der Waals surface area contributed by atoms with Crippen LogP contribution >= 0.6 is 0 Å². The maximum absolute atomic E-state index is 12.2. The summed E-state index contributed by atoms with van der Waals surface area (Å²) in [6.45, 7) is 3.05. The SMILES string of the molecule is CCC1(CNc2cc(S(=O)(=O)N(C)C)ccc2N)CCC1. The molecule has 6 heteroatoms. The summed E-state index contributed by atoms with van der Waals surface area (Å²) in [5.74, 6) is 0. The van der Waals surface area contributed by atoms with Crippen molar-refractivity contribution < 1.29 is 8.42 Å². The van der Waals surface area contributed by atoms with Gasteiger partial charge in [-0.05, 0) is 42.9 Å².